The Morgan fingerprint density at radius 3 is 2.17 bits per heavy atom. The summed E-state index contributed by atoms with van der Waals surface area (Å²) in [5.41, 5.74) is 0.389. The van der Waals surface area contributed by atoms with Crippen LogP contribution in [0.3, 0.4) is 0 Å². The molecule has 70 valence electrons. The van der Waals surface area contributed by atoms with Crippen molar-refractivity contribution in [1.29, 1.82) is 0 Å². The summed E-state index contributed by atoms with van der Waals surface area (Å²) in [6.45, 7) is 9.64. The maximum Gasteiger partial charge on any atom is 0.0307 e. The highest BCUT2D eigenvalue weighted by atomic mass is 32.2. The van der Waals surface area contributed by atoms with Crippen LogP contribution >= 0.6 is 11.8 Å². The van der Waals surface area contributed by atoms with Crippen LogP contribution in [0.2, 0.25) is 0 Å². The third-order valence-corrected chi connectivity index (χ3v) is 4.79. The third kappa shape index (κ3) is 1.39. The van der Waals surface area contributed by atoms with E-state index in [2.05, 4.69) is 37.4 Å². The Bertz CT molecular complexity index is 179. The smallest absolute Gasteiger partial charge is 0.0307 e. The summed E-state index contributed by atoms with van der Waals surface area (Å²) >= 11 is 2.19. The number of rotatable bonds is 0. The van der Waals surface area contributed by atoms with Crippen LogP contribution in [-0.2, 0) is 0 Å². The second kappa shape index (κ2) is 2.65. The Balaban J connectivity index is 1.98. The Morgan fingerprint density at radius 1 is 1.25 bits per heavy atom. The predicted molar refractivity (Wildman–Crippen MR) is 55.7 cm³/mol. The Labute approximate surface area is 79.9 Å². The standard InChI is InChI=1S/C10H19NS/c1-9(2,3)11-6-4-10(8-11)5-7-12-10/h4-8H2,1-3H3. The van der Waals surface area contributed by atoms with Crippen LogP contribution in [0, 0.1) is 0 Å². The van der Waals surface area contributed by atoms with E-state index in [4.69, 9.17) is 0 Å². The molecule has 0 aromatic rings. The third-order valence-electron chi connectivity index (χ3n) is 3.23. The number of hydrogen-bond donors (Lipinski definition) is 0. The van der Waals surface area contributed by atoms with E-state index in [9.17, 15) is 0 Å². The molecule has 2 aliphatic heterocycles. The molecular weight excluding hydrogens is 166 g/mol. The zero-order valence-corrected chi connectivity index (χ0v) is 9.21. The molecule has 0 aliphatic carbocycles. The summed E-state index contributed by atoms with van der Waals surface area (Å²) in [5.74, 6) is 1.40. The first-order valence-corrected chi connectivity index (χ1v) is 5.90. The van der Waals surface area contributed by atoms with Crippen molar-refractivity contribution in [3.8, 4) is 0 Å². The molecule has 0 aromatic carbocycles. The molecule has 0 amide bonds. The van der Waals surface area contributed by atoms with Crippen LogP contribution in [0.5, 0.6) is 0 Å². The van der Waals surface area contributed by atoms with Gasteiger partial charge in [0.15, 0.2) is 0 Å². The second-order valence-corrected chi connectivity index (χ2v) is 6.69. The van der Waals surface area contributed by atoms with Crippen LogP contribution in [0.15, 0.2) is 0 Å². The lowest BCUT2D eigenvalue weighted by molar-refractivity contribution is 0.170. The van der Waals surface area contributed by atoms with Gasteiger partial charge in [-0.1, -0.05) is 0 Å². The molecule has 1 nitrogen and oxygen atoms in total. The molecule has 2 heterocycles. The lowest BCUT2D eigenvalue weighted by Gasteiger charge is -2.40. The number of likely N-dealkylation sites (tertiary alicyclic amines) is 1. The molecule has 2 heteroatoms. The minimum absolute atomic E-state index is 0.389. The largest absolute Gasteiger partial charge is 0.297 e. The van der Waals surface area contributed by atoms with Crippen LogP contribution in [0.1, 0.15) is 33.6 Å². The quantitative estimate of drug-likeness (QED) is 0.570. The van der Waals surface area contributed by atoms with Gasteiger partial charge in [-0.25, -0.2) is 0 Å². The molecule has 1 spiro atoms. The van der Waals surface area contributed by atoms with E-state index >= 15 is 0 Å². The van der Waals surface area contributed by atoms with E-state index in [1.807, 2.05) is 0 Å². The van der Waals surface area contributed by atoms with Gasteiger partial charge in [0.05, 0.1) is 0 Å². The van der Waals surface area contributed by atoms with Crippen LogP contribution in [0.4, 0.5) is 0 Å². The Hall–Kier alpha value is 0.310. The van der Waals surface area contributed by atoms with Gasteiger partial charge in [-0.2, -0.15) is 11.8 Å². The molecule has 12 heavy (non-hydrogen) atoms. The zero-order valence-electron chi connectivity index (χ0n) is 8.39. The van der Waals surface area contributed by atoms with E-state index in [-0.39, 0.29) is 0 Å². The van der Waals surface area contributed by atoms with Gasteiger partial charge in [0, 0.05) is 23.4 Å². The van der Waals surface area contributed by atoms with Gasteiger partial charge in [-0.3, -0.25) is 4.90 Å². The maximum absolute atomic E-state index is 2.64. The predicted octanol–water partition coefficient (Wildman–Crippen LogP) is 2.37. The second-order valence-electron chi connectivity index (χ2n) is 5.12. The van der Waals surface area contributed by atoms with E-state index in [0.29, 0.717) is 10.3 Å². The Morgan fingerprint density at radius 2 is 1.92 bits per heavy atom. The molecule has 0 aromatic heterocycles. The van der Waals surface area contributed by atoms with Crippen molar-refractivity contribution in [2.45, 2.75) is 43.9 Å². The maximum atomic E-state index is 2.64. The fourth-order valence-electron chi connectivity index (χ4n) is 2.13. The first-order valence-electron chi connectivity index (χ1n) is 4.91. The lowest BCUT2D eigenvalue weighted by Crippen LogP contribution is -2.44. The summed E-state index contributed by atoms with van der Waals surface area (Å²) in [4.78, 5) is 2.64. The highest BCUT2D eigenvalue weighted by Crippen LogP contribution is 2.48. The first kappa shape index (κ1) is 8.89. The van der Waals surface area contributed by atoms with Gasteiger partial charge in [-0.15, -0.1) is 0 Å². The average molecular weight is 185 g/mol. The highest BCUT2D eigenvalue weighted by molar-refractivity contribution is 8.02. The van der Waals surface area contributed by atoms with Crippen molar-refractivity contribution in [3.05, 3.63) is 0 Å². The molecule has 1 unspecified atom stereocenters. The molecular formula is C10H19NS. The monoisotopic (exact) mass is 185 g/mol. The van der Waals surface area contributed by atoms with Crippen molar-refractivity contribution in [1.82, 2.24) is 4.90 Å². The molecule has 0 saturated carbocycles. The van der Waals surface area contributed by atoms with Crippen LogP contribution < -0.4 is 0 Å². The van der Waals surface area contributed by atoms with E-state index in [1.54, 1.807) is 0 Å². The molecule has 1 atom stereocenters. The van der Waals surface area contributed by atoms with Gasteiger partial charge in [0.2, 0.25) is 0 Å². The molecule has 0 bridgehead atoms. The molecule has 0 N–H and O–H groups in total. The van der Waals surface area contributed by atoms with E-state index in [1.165, 1.54) is 31.7 Å². The highest BCUT2D eigenvalue weighted by Gasteiger charge is 2.45. The van der Waals surface area contributed by atoms with Crippen molar-refractivity contribution in [2.24, 2.45) is 0 Å². The Kier molecular flexibility index (Phi) is 1.96. The van der Waals surface area contributed by atoms with Crippen molar-refractivity contribution < 1.29 is 0 Å². The van der Waals surface area contributed by atoms with Crippen LogP contribution in [-0.4, -0.2) is 34.0 Å². The summed E-state index contributed by atoms with van der Waals surface area (Å²) in [7, 11) is 0. The summed E-state index contributed by atoms with van der Waals surface area (Å²) in [6, 6.07) is 0. The summed E-state index contributed by atoms with van der Waals surface area (Å²) < 4.78 is 0.688. The molecule has 2 saturated heterocycles. The molecule has 2 fully saturated rings. The molecule has 2 rings (SSSR count). The first-order chi connectivity index (χ1) is 5.52. The summed E-state index contributed by atoms with van der Waals surface area (Å²) in [6.07, 6.45) is 2.89. The minimum atomic E-state index is 0.389. The average Bonchev–Trinajstić information content (AvgIpc) is 2.26. The van der Waals surface area contributed by atoms with E-state index in [0.717, 1.165) is 0 Å². The topological polar surface area (TPSA) is 3.24 Å². The van der Waals surface area contributed by atoms with Crippen LogP contribution in [0.25, 0.3) is 0 Å². The number of thioether (sulfide) groups is 1. The van der Waals surface area contributed by atoms with E-state index < -0.39 is 0 Å². The summed E-state index contributed by atoms with van der Waals surface area (Å²) in [5, 5.41) is 0. The van der Waals surface area contributed by atoms with Gasteiger partial charge >= 0.3 is 0 Å². The molecule has 0 radical (unpaired) electrons. The fourth-order valence-corrected chi connectivity index (χ4v) is 3.39. The zero-order chi connectivity index (χ0) is 8.82. The minimum Gasteiger partial charge on any atom is -0.297 e. The van der Waals surface area contributed by atoms with Crippen molar-refractivity contribution in [2.75, 3.05) is 18.8 Å². The number of nitrogens with zero attached hydrogens (tertiary/aromatic N) is 1. The van der Waals surface area contributed by atoms with Crippen molar-refractivity contribution in [3.63, 3.8) is 0 Å². The van der Waals surface area contributed by atoms with Gasteiger partial charge < -0.3 is 0 Å². The normalized spacial score (nSPS) is 37.2. The number of hydrogen-bond acceptors (Lipinski definition) is 2. The SMILES string of the molecule is CC(C)(C)N1CCC2(CCS2)C1. The van der Waals surface area contributed by atoms with Gasteiger partial charge in [0.1, 0.15) is 0 Å². The lowest BCUT2D eigenvalue weighted by atomic mass is 10.0. The van der Waals surface area contributed by atoms with Crippen molar-refractivity contribution >= 4 is 11.8 Å². The van der Waals surface area contributed by atoms with Gasteiger partial charge in [-0.05, 0) is 39.4 Å². The molecule has 2 aliphatic rings. The van der Waals surface area contributed by atoms with Gasteiger partial charge in [0.25, 0.3) is 0 Å². The fraction of sp³-hybridized carbons (Fsp3) is 1.00.